The summed E-state index contributed by atoms with van der Waals surface area (Å²) in [5.74, 6) is -0.483. The van der Waals surface area contributed by atoms with Gasteiger partial charge in [-0.2, -0.15) is 0 Å². The minimum atomic E-state index is -0.738. The summed E-state index contributed by atoms with van der Waals surface area (Å²) in [5.41, 5.74) is 7.39. The number of carbonyl (C=O) groups is 2. The van der Waals surface area contributed by atoms with E-state index in [2.05, 4.69) is 0 Å². The monoisotopic (exact) mass is 406 g/mol. The number of amides is 1. The zero-order chi connectivity index (χ0) is 19.6. The second-order valence-corrected chi connectivity index (χ2v) is 7.54. The highest BCUT2D eigenvalue weighted by Crippen LogP contribution is 2.27. The number of nitrogen functional groups attached to an aromatic ring is 1. The Bertz CT molecular complexity index is 855. The topological polar surface area (TPSA) is 83.6 Å². The highest BCUT2D eigenvalue weighted by molar-refractivity contribution is 6.34. The second kappa shape index (κ2) is 8.30. The van der Waals surface area contributed by atoms with E-state index in [0.717, 1.165) is 5.56 Å². The van der Waals surface area contributed by atoms with Gasteiger partial charge in [0.05, 0.1) is 22.7 Å². The number of Topliss-reactive ketones (excluding diaryl/α,β-unsaturated/α-hetero) is 1. The summed E-state index contributed by atoms with van der Waals surface area (Å²) in [4.78, 5) is 27.0. The maximum absolute atomic E-state index is 12.9. The molecular weight excluding hydrogens is 387 g/mol. The van der Waals surface area contributed by atoms with E-state index in [1.165, 1.54) is 11.0 Å². The van der Waals surface area contributed by atoms with Crippen LogP contribution in [0.4, 0.5) is 5.69 Å². The molecular formula is C20H20Cl2N2O3. The number of nitrogens with two attached hydrogens (primary N) is 1. The van der Waals surface area contributed by atoms with E-state index in [9.17, 15) is 14.7 Å². The number of hydrogen-bond donors (Lipinski definition) is 2. The van der Waals surface area contributed by atoms with Gasteiger partial charge >= 0.3 is 0 Å². The van der Waals surface area contributed by atoms with Crippen molar-refractivity contribution in [3.05, 3.63) is 63.6 Å². The van der Waals surface area contributed by atoms with Gasteiger partial charge in [-0.05, 0) is 42.3 Å². The fourth-order valence-corrected chi connectivity index (χ4v) is 3.61. The zero-order valence-electron chi connectivity index (χ0n) is 14.6. The molecule has 1 saturated heterocycles. The Labute approximate surface area is 167 Å². The lowest BCUT2D eigenvalue weighted by molar-refractivity contribution is -0.122. The first kappa shape index (κ1) is 19.7. The van der Waals surface area contributed by atoms with Crippen LogP contribution >= 0.6 is 23.2 Å². The molecule has 0 spiro atoms. The van der Waals surface area contributed by atoms with Gasteiger partial charge < -0.3 is 15.7 Å². The third-order valence-corrected chi connectivity index (χ3v) is 5.29. The molecule has 142 valence electrons. The third kappa shape index (κ3) is 4.61. The minimum Gasteiger partial charge on any atom is -0.399 e. The first-order valence-corrected chi connectivity index (χ1v) is 9.42. The van der Waals surface area contributed by atoms with Crippen LogP contribution in [-0.2, 0) is 11.2 Å². The fourth-order valence-electron chi connectivity index (χ4n) is 3.29. The lowest BCUT2D eigenvalue weighted by atomic mass is 10.0. The molecule has 3 N–H and O–H groups in total. The van der Waals surface area contributed by atoms with Gasteiger partial charge in [0.15, 0.2) is 5.78 Å². The summed E-state index contributed by atoms with van der Waals surface area (Å²) in [6.07, 6.45) is 0.306. The van der Waals surface area contributed by atoms with Gasteiger partial charge in [-0.1, -0.05) is 35.3 Å². The molecule has 2 aromatic carbocycles. The molecule has 3 rings (SSSR count). The molecule has 0 aromatic heterocycles. The van der Waals surface area contributed by atoms with Crippen molar-refractivity contribution in [1.82, 2.24) is 4.90 Å². The van der Waals surface area contributed by atoms with Crippen molar-refractivity contribution in [2.75, 3.05) is 12.3 Å². The molecule has 5 nitrogen and oxygen atoms in total. The van der Waals surface area contributed by atoms with Crippen molar-refractivity contribution >= 4 is 40.6 Å². The molecule has 1 aliphatic heterocycles. The van der Waals surface area contributed by atoms with Gasteiger partial charge in [-0.15, -0.1) is 0 Å². The number of rotatable bonds is 5. The maximum Gasteiger partial charge on any atom is 0.256 e. The van der Waals surface area contributed by atoms with E-state index in [0.29, 0.717) is 17.1 Å². The van der Waals surface area contributed by atoms with E-state index >= 15 is 0 Å². The SMILES string of the molecule is Nc1ccc(Cl)c(C(=O)N2C[C@H](O)C[C@H]2C(=O)CCc2ccc(Cl)cc2)c1. The molecule has 0 unspecified atom stereocenters. The number of anilines is 1. The quantitative estimate of drug-likeness (QED) is 0.745. The van der Waals surface area contributed by atoms with Gasteiger partial charge in [0.1, 0.15) is 0 Å². The number of aryl methyl sites for hydroxylation is 1. The Hall–Kier alpha value is -2.08. The van der Waals surface area contributed by atoms with Gasteiger partial charge in [0.2, 0.25) is 0 Å². The summed E-state index contributed by atoms with van der Waals surface area (Å²) in [6.45, 7) is 0.0985. The number of likely N-dealkylation sites (tertiary alicyclic amines) is 1. The van der Waals surface area contributed by atoms with Gasteiger partial charge in [-0.25, -0.2) is 0 Å². The average molecular weight is 407 g/mol. The van der Waals surface area contributed by atoms with Crippen LogP contribution in [0, 0.1) is 0 Å². The summed E-state index contributed by atoms with van der Waals surface area (Å²) in [6, 6.07) is 11.3. The Morgan fingerprint density at radius 2 is 1.85 bits per heavy atom. The van der Waals surface area contributed by atoms with Crippen molar-refractivity contribution in [2.45, 2.75) is 31.4 Å². The number of hydrogen-bond acceptors (Lipinski definition) is 4. The normalized spacial score (nSPS) is 19.3. The summed E-state index contributed by atoms with van der Waals surface area (Å²) >= 11 is 12.0. The van der Waals surface area contributed by atoms with Gasteiger partial charge in [-0.3, -0.25) is 9.59 Å². The lowest BCUT2D eigenvalue weighted by Crippen LogP contribution is -2.41. The molecule has 1 heterocycles. The van der Waals surface area contributed by atoms with Gasteiger partial charge in [0.25, 0.3) is 5.91 Å². The molecule has 0 bridgehead atoms. The van der Waals surface area contributed by atoms with E-state index in [1.807, 2.05) is 12.1 Å². The molecule has 2 aromatic rings. The van der Waals surface area contributed by atoms with Crippen LogP contribution in [0.1, 0.15) is 28.8 Å². The molecule has 2 atom stereocenters. The Morgan fingerprint density at radius 1 is 1.15 bits per heavy atom. The smallest absolute Gasteiger partial charge is 0.256 e. The van der Waals surface area contributed by atoms with Crippen LogP contribution in [0.5, 0.6) is 0 Å². The van der Waals surface area contributed by atoms with Crippen molar-refractivity contribution in [2.24, 2.45) is 0 Å². The fraction of sp³-hybridized carbons (Fsp3) is 0.300. The van der Waals surface area contributed by atoms with Crippen molar-refractivity contribution in [3.63, 3.8) is 0 Å². The van der Waals surface area contributed by atoms with E-state index in [1.54, 1.807) is 24.3 Å². The predicted molar refractivity (Wildman–Crippen MR) is 106 cm³/mol. The van der Waals surface area contributed by atoms with E-state index < -0.39 is 18.1 Å². The molecule has 1 amide bonds. The predicted octanol–water partition coefficient (Wildman–Crippen LogP) is 3.35. The molecule has 0 radical (unpaired) electrons. The molecule has 0 aliphatic carbocycles. The van der Waals surface area contributed by atoms with Crippen LogP contribution in [0.3, 0.4) is 0 Å². The maximum atomic E-state index is 12.9. The largest absolute Gasteiger partial charge is 0.399 e. The van der Waals surface area contributed by atoms with Crippen LogP contribution in [0.2, 0.25) is 10.0 Å². The summed E-state index contributed by atoms with van der Waals surface area (Å²) in [5, 5.41) is 10.9. The number of aliphatic hydroxyl groups is 1. The molecule has 7 heteroatoms. The highest BCUT2D eigenvalue weighted by Gasteiger charge is 2.39. The Kier molecular flexibility index (Phi) is 6.05. The second-order valence-electron chi connectivity index (χ2n) is 6.69. The number of benzene rings is 2. The van der Waals surface area contributed by atoms with E-state index in [-0.39, 0.29) is 35.8 Å². The third-order valence-electron chi connectivity index (χ3n) is 4.71. The van der Waals surface area contributed by atoms with Crippen LogP contribution in [0.25, 0.3) is 0 Å². The number of halogens is 2. The van der Waals surface area contributed by atoms with Crippen molar-refractivity contribution in [1.29, 1.82) is 0 Å². The van der Waals surface area contributed by atoms with Crippen LogP contribution in [0.15, 0.2) is 42.5 Å². The number of β-amino-alcohol motifs (C(OH)–C–C–N with tert-alkyl or cyclic N) is 1. The summed E-state index contributed by atoms with van der Waals surface area (Å²) < 4.78 is 0. The average Bonchev–Trinajstić information content (AvgIpc) is 3.04. The molecule has 1 fully saturated rings. The Morgan fingerprint density at radius 3 is 2.56 bits per heavy atom. The van der Waals surface area contributed by atoms with Crippen LogP contribution in [-0.4, -0.2) is 40.4 Å². The number of carbonyl (C=O) groups excluding carboxylic acids is 2. The standard InChI is InChI=1S/C20H20Cl2N2O3/c21-13-4-1-12(2-5-13)3-8-19(26)18-10-15(25)11-24(18)20(27)16-9-14(23)6-7-17(16)22/h1-2,4-7,9,15,18,25H,3,8,10-11,23H2/t15-,18+/m1/s1. The van der Waals surface area contributed by atoms with E-state index in [4.69, 9.17) is 28.9 Å². The summed E-state index contributed by atoms with van der Waals surface area (Å²) in [7, 11) is 0. The van der Waals surface area contributed by atoms with Crippen molar-refractivity contribution < 1.29 is 14.7 Å². The molecule has 27 heavy (non-hydrogen) atoms. The first-order valence-electron chi connectivity index (χ1n) is 8.66. The zero-order valence-corrected chi connectivity index (χ0v) is 16.1. The minimum absolute atomic E-state index is 0.0881. The number of aliphatic hydroxyl groups excluding tert-OH is 1. The molecule has 1 aliphatic rings. The lowest BCUT2D eigenvalue weighted by Gasteiger charge is -2.24. The highest BCUT2D eigenvalue weighted by atomic mass is 35.5. The Balaban J connectivity index is 1.73. The van der Waals surface area contributed by atoms with Gasteiger partial charge in [0, 0.05) is 30.1 Å². The number of ketones is 1. The number of nitrogens with zero attached hydrogens (tertiary/aromatic N) is 1. The van der Waals surface area contributed by atoms with Crippen LogP contribution < -0.4 is 5.73 Å². The molecule has 0 saturated carbocycles. The first-order chi connectivity index (χ1) is 12.8. The van der Waals surface area contributed by atoms with Crippen molar-refractivity contribution in [3.8, 4) is 0 Å².